The van der Waals surface area contributed by atoms with Gasteiger partial charge in [0.15, 0.2) is 0 Å². The highest BCUT2D eigenvalue weighted by Crippen LogP contribution is 2.00. The summed E-state index contributed by atoms with van der Waals surface area (Å²) in [4.78, 5) is 8.44. The van der Waals surface area contributed by atoms with Gasteiger partial charge in [0.05, 0.1) is 25.1 Å². The third-order valence-corrected chi connectivity index (χ3v) is 2.23. The molecule has 0 aliphatic heterocycles. The fourth-order valence-electron chi connectivity index (χ4n) is 1.20. The standard InChI is InChI=1S/C9H11N7S/c10-9(17)7-5-13-8(6-12-7)11-1-3-16-4-2-14-15-16/h2,4-6H,1,3H2,(H2,10,17)(H,11,13). The normalized spacial score (nSPS) is 10.1. The van der Waals surface area contributed by atoms with E-state index in [1.807, 2.05) is 0 Å². The zero-order valence-corrected chi connectivity index (χ0v) is 9.76. The van der Waals surface area contributed by atoms with Gasteiger partial charge in [-0.15, -0.1) is 5.10 Å². The molecule has 0 atom stereocenters. The molecule has 7 nitrogen and oxygen atoms in total. The van der Waals surface area contributed by atoms with Crippen molar-refractivity contribution in [3.8, 4) is 0 Å². The van der Waals surface area contributed by atoms with Crippen molar-refractivity contribution in [1.82, 2.24) is 25.0 Å². The van der Waals surface area contributed by atoms with Crippen LogP contribution >= 0.6 is 12.2 Å². The van der Waals surface area contributed by atoms with E-state index in [1.54, 1.807) is 29.5 Å². The molecule has 0 aliphatic carbocycles. The van der Waals surface area contributed by atoms with Gasteiger partial charge in [0.2, 0.25) is 0 Å². The Bertz CT molecular complexity index is 479. The van der Waals surface area contributed by atoms with E-state index in [0.29, 0.717) is 24.6 Å². The van der Waals surface area contributed by atoms with Gasteiger partial charge in [0, 0.05) is 12.7 Å². The van der Waals surface area contributed by atoms with Crippen LogP contribution in [0.4, 0.5) is 5.82 Å². The van der Waals surface area contributed by atoms with Gasteiger partial charge < -0.3 is 11.1 Å². The maximum Gasteiger partial charge on any atom is 0.144 e. The smallest absolute Gasteiger partial charge is 0.144 e. The summed E-state index contributed by atoms with van der Waals surface area (Å²) in [7, 11) is 0. The summed E-state index contributed by atoms with van der Waals surface area (Å²) < 4.78 is 1.73. The van der Waals surface area contributed by atoms with Crippen LogP contribution < -0.4 is 11.1 Å². The summed E-state index contributed by atoms with van der Waals surface area (Å²) in [6, 6.07) is 0. The predicted octanol–water partition coefficient (Wildman–Crippen LogP) is -0.186. The van der Waals surface area contributed by atoms with Crippen LogP contribution in [0, 0.1) is 0 Å². The van der Waals surface area contributed by atoms with E-state index in [1.165, 1.54) is 0 Å². The van der Waals surface area contributed by atoms with E-state index in [0.717, 1.165) is 0 Å². The summed E-state index contributed by atoms with van der Waals surface area (Å²) in [6.07, 6.45) is 6.57. The molecule has 2 heterocycles. The van der Waals surface area contributed by atoms with Crippen molar-refractivity contribution in [3.05, 3.63) is 30.5 Å². The minimum Gasteiger partial charge on any atom is -0.388 e. The van der Waals surface area contributed by atoms with E-state index >= 15 is 0 Å². The predicted molar refractivity (Wildman–Crippen MR) is 66.4 cm³/mol. The molecule has 0 amide bonds. The summed E-state index contributed by atoms with van der Waals surface area (Å²) in [5, 5.41) is 10.7. The molecular formula is C9H11N7S. The van der Waals surface area contributed by atoms with Crippen molar-refractivity contribution < 1.29 is 0 Å². The Morgan fingerprint density at radius 2 is 2.29 bits per heavy atom. The second kappa shape index (κ2) is 5.30. The van der Waals surface area contributed by atoms with Crippen LogP contribution in [0.1, 0.15) is 5.69 Å². The van der Waals surface area contributed by atoms with Crippen LogP contribution in [0.5, 0.6) is 0 Å². The number of anilines is 1. The Hall–Kier alpha value is -2.09. The van der Waals surface area contributed by atoms with Crippen LogP contribution in [-0.2, 0) is 6.54 Å². The second-order valence-corrected chi connectivity index (χ2v) is 3.68. The molecule has 0 saturated carbocycles. The first-order valence-corrected chi connectivity index (χ1v) is 5.36. The Morgan fingerprint density at radius 1 is 1.41 bits per heavy atom. The van der Waals surface area contributed by atoms with Crippen molar-refractivity contribution >= 4 is 23.0 Å². The maximum atomic E-state index is 5.42. The average Bonchev–Trinajstić information content (AvgIpc) is 2.83. The van der Waals surface area contributed by atoms with Crippen LogP contribution in [0.2, 0.25) is 0 Å². The first-order chi connectivity index (χ1) is 8.25. The molecule has 0 unspecified atom stereocenters. The molecule has 0 bridgehead atoms. The van der Waals surface area contributed by atoms with Gasteiger partial charge in [-0.2, -0.15) is 0 Å². The molecular weight excluding hydrogens is 238 g/mol. The number of hydrogen-bond donors (Lipinski definition) is 2. The van der Waals surface area contributed by atoms with Crippen LogP contribution in [-0.4, -0.2) is 36.5 Å². The number of thiocarbonyl (C=S) groups is 1. The van der Waals surface area contributed by atoms with E-state index in [-0.39, 0.29) is 4.99 Å². The van der Waals surface area contributed by atoms with Gasteiger partial charge in [-0.05, 0) is 0 Å². The highest BCUT2D eigenvalue weighted by atomic mass is 32.1. The number of hydrogen-bond acceptors (Lipinski definition) is 6. The van der Waals surface area contributed by atoms with Crippen LogP contribution in [0.3, 0.4) is 0 Å². The fraction of sp³-hybridized carbons (Fsp3) is 0.222. The molecule has 0 fully saturated rings. The molecule has 0 radical (unpaired) electrons. The van der Waals surface area contributed by atoms with Crippen molar-refractivity contribution in [2.75, 3.05) is 11.9 Å². The van der Waals surface area contributed by atoms with E-state index in [2.05, 4.69) is 25.6 Å². The summed E-state index contributed by atoms with van der Waals surface area (Å²) in [5.74, 6) is 0.671. The molecule has 3 N–H and O–H groups in total. The first-order valence-electron chi connectivity index (χ1n) is 4.95. The molecule has 2 aromatic rings. The highest BCUT2D eigenvalue weighted by molar-refractivity contribution is 7.80. The lowest BCUT2D eigenvalue weighted by Gasteiger charge is -2.05. The van der Waals surface area contributed by atoms with Gasteiger partial charge in [-0.1, -0.05) is 17.4 Å². The monoisotopic (exact) mass is 249 g/mol. The molecule has 88 valence electrons. The molecule has 0 saturated heterocycles. The number of aromatic nitrogens is 5. The Labute approximate surface area is 103 Å². The van der Waals surface area contributed by atoms with Gasteiger partial charge in [-0.25, -0.2) is 9.97 Å². The molecule has 0 spiro atoms. The molecule has 17 heavy (non-hydrogen) atoms. The van der Waals surface area contributed by atoms with Crippen LogP contribution in [0.25, 0.3) is 0 Å². The molecule has 2 aromatic heterocycles. The lowest BCUT2D eigenvalue weighted by Crippen LogP contribution is -2.14. The lowest BCUT2D eigenvalue weighted by molar-refractivity contribution is 0.608. The fourth-order valence-corrected chi connectivity index (χ4v) is 1.30. The summed E-state index contributed by atoms with van der Waals surface area (Å²) in [6.45, 7) is 1.39. The van der Waals surface area contributed by atoms with E-state index < -0.39 is 0 Å². The second-order valence-electron chi connectivity index (χ2n) is 3.24. The Kier molecular flexibility index (Phi) is 3.55. The summed E-state index contributed by atoms with van der Waals surface area (Å²) >= 11 is 4.78. The lowest BCUT2D eigenvalue weighted by atomic mass is 10.4. The minimum atomic E-state index is 0.242. The summed E-state index contributed by atoms with van der Waals surface area (Å²) in [5.41, 5.74) is 5.93. The minimum absolute atomic E-state index is 0.242. The van der Waals surface area contributed by atoms with E-state index in [9.17, 15) is 0 Å². The van der Waals surface area contributed by atoms with Gasteiger partial charge in [0.25, 0.3) is 0 Å². The van der Waals surface area contributed by atoms with Crippen LogP contribution in [0.15, 0.2) is 24.8 Å². The zero-order valence-electron chi connectivity index (χ0n) is 8.95. The molecule has 2 rings (SSSR count). The SMILES string of the molecule is NC(=S)c1cnc(NCCn2ccnn2)cn1. The Morgan fingerprint density at radius 3 is 2.88 bits per heavy atom. The van der Waals surface area contributed by atoms with Gasteiger partial charge in [-0.3, -0.25) is 4.68 Å². The topological polar surface area (TPSA) is 94.5 Å². The van der Waals surface area contributed by atoms with Gasteiger partial charge in [0.1, 0.15) is 16.5 Å². The Balaban J connectivity index is 1.85. The number of rotatable bonds is 5. The number of nitrogens with zero attached hydrogens (tertiary/aromatic N) is 5. The van der Waals surface area contributed by atoms with Crippen molar-refractivity contribution in [1.29, 1.82) is 0 Å². The average molecular weight is 249 g/mol. The number of nitrogens with two attached hydrogens (primary N) is 1. The highest BCUT2D eigenvalue weighted by Gasteiger charge is 1.99. The third kappa shape index (κ3) is 3.18. The van der Waals surface area contributed by atoms with E-state index in [4.69, 9.17) is 18.0 Å². The third-order valence-electron chi connectivity index (χ3n) is 2.02. The largest absolute Gasteiger partial charge is 0.388 e. The molecule has 0 aliphatic rings. The van der Waals surface area contributed by atoms with Crippen molar-refractivity contribution in [3.63, 3.8) is 0 Å². The van der Waals surface area contributed by atoms with Crippen molar-refractivity contribution in [2.24, 2.45) is 5.73 Å². The molecule has 8 heteroatoms. The molecule has 0 aromatic carbocycles. The number of nitrogens with one attached hydrogen (secondary N) is 1. The quantitative estimate of drug-likeness (QED) is 0.709. The zero-order chi connectivity index (χ0) is 12.1. The van der Waals surface area contributed by atoms with Gasteiger partial charge >= 0.3 is 0 Å². The van der Waals surface area contributed by atoms with Crippen molar-refractivity contribution in [2.45, 2.75) is 6.54 Å². The first kappa shape index (κ1) is 11.4. The maximum absolute atomic E-state index is 5.42.